The van der Waals surface area contributed by atoms with Gasteiger partial charge in [0.25, 0.3) is 0 Å². The molecule has 36 heavy (non-hydrogen) atoms. The molecule has 0 aromatic carbocycles. The molecule has 6 rings (SSSR count). The molecule has 6 aliphatic rings. The average Bonchev–Trinajstić information content (AvgIpc) is 3.43. The Hall–Kier alpha value is -1.69. The van der Waals surface area contributed by atoms with E-state index in [4.69, 9.17) is 9.47 Å². The largest absolute Gasteiger partial charge is 0.454 e. The van der Waals surface area contributed by atoms with E-state index < -0.39 is 17.7 Å². The van der Waals surface area contributed by atoms with Crippen molar-refractivity contribution in [1.29, 1.82) is 0 Å². The zero-order valence-electron chi connectivity index (χ0n) is 22.6. The number of ether oxygens (including phenoxy) is 2. The first kappa shape index (κ1) is 24.6. The van der Waals surface area contributed by atoms with Crippen LogP contribution in [-0.2, 0) is 23.9 Å². The summed E-state index contributed by atoms with van der Waals surface area (Å²) in [6.07, 6.45) is 7.40. The van der Waals surface area contributed by atoms with Gasteiger partial charge in [-0.25, -0.2) is 0 Å². The molecule has 6 heteroatoms. The van der Waals surface area contributed by atoms with Crippen LogP contribution in [0.15, 0.2) is 11.8 Å². The number of esters is 2. The van der Waals surface area contributed by atoms with Crippen LogP contribution in [0.2, 0.25) is 0 Å². The van der Waals surface area contributed by atoms with E-state index in [9.17, 15) is 19.5 Å². The van der Waals surface area contributed by atoms with Crippen LogP contribution in [0.1, 0.15) is 80.1 Å². The van der Waals surface area contributed by atoms with Gasteiger partial charge in [0.05, 0.1) is 0 Å². The molecule has 0 aromatic heterocycles. The zero-order chi connectivity index (χ0) is 25.9. The highest BCUT2D eigenvalue weighted by molar-refractivity contribution is 5.89. The molecular weight excluding hydrogens is 456 g/mol. The van der Waals surface area contributed by atoms with E-state index >= 15 is 0 Å². The third-order valence-electron chi connectivity index (χ3n) is 12.1. The molecular formula is C30H42O6. The first-order valence-electron chi connectivity index (χ1n) is 14.1. The number of carbonyl (C=O) groups is 3. The number of aliphatic hydroxyl groups is 1. The van der Waals surface area contributed by atoms with Crippen molar-refractivity contribution in [3.05, 3.63) is 11.8 Å². The number of hydrogen-bond acceptors (Lipinski definition) is 6. The van der Waals surface area contributed by atoms with Crippen molar-refractivity contribution >= 4 is 17.7 Å². The third-order valence-corrected chi connectivity index (χ3v) is 12.1. The first-order chi connectivity index (χ1) is 16.8. The van der Waals surface area contributed by atoms with Gasteiger partial charge in [0.1, 0.15) is 11.4 Å². The maximum absolute atomic E-state index is 14.1. The molecule has 0 saturated heterocycles. The summed E-state index contributed by atoms with van der Waals surface area (Å²) in [5.74, 6) is 1.85. The zero-order valence-corrected chi connectivity index (χ0v) is 22.6. The van der Waals surface area contributed by atoms with E-state index in [1.807, 2.05) is 6.08 Å². The van der Waals surface area contributed by atoms with Crippen LogP contribution in [0.3, 0.4) is 0 Å². The molecule has 5 saturated carbocycles. The van der Waals surface area contributed by atoms with Crippen molar-refractivity contribution in [3.8, 4) is 0 Å². The Morgan fingerprint density at radius 3 is 2.36 bits per heavy atom. The van der Waals surface area contributed by atoms with E-state index in [1.54, 1.807) is 6.92 Å². The van der Waals surface area contributed by atoms with E-state index in [0.29, 0.717) is 17.6 Å². The lowest BCUT2D eigenvalue weighted by molar-refractivity contribution is -0.193. The average molecular weight is 499 g/mol. The SMILES string of the molecule is CC(=O)OC1=C[C@@H](C)C2[C@@H](CC3[C@H]4C(CC[C@@]32C)[C@@]2(C)C[C@H]3C[C@H]3CC2C(=O)[C@@H]4OC(C)=O)[C@@]1(C)O. The minimum Gasteiger partial charge on any atom is -0.454 e. The summed E-state index contributed by atoms with van der Waals surface area (Å²) >= 11 is 0. The molecule has 5 fully saturated rings. The fourth-order valence-electron chi connectivity index (χ4n) is 10.7. The lowest BCUT2D eigenvalue weighted by atomic mass is 9.43. The molecule has 0 spiro atoms. The molecule has 0 amide bonds. The fourth-order valence-corrected chi connectivity index (χ4v) is 10.7. The quantitative estimate of drug-likeness (QED) is 0.556. The smallest absolute Gasteiger partial charge is 0.307 e. The summed E-state index contributed by atoms with van der Waals surface area (Å²) in [6.45, 7) is 11.4. The summed E-state index contributed by atoms with van der Waals surface area (Å²) in [6, 6.07) is 0. The van der Waals surface area contributed by atoms with Crippen LogP contribution in [0.4, 0.5) is 0 Å². The molecule has 198 valence electrons. The number of ketones is 1. The van der Waals surface area contributed by atoms with Crippen LogP contribution in [-0.4, -0.2) is 34.5 Å². The van der Waals surface area contributed by atoms with E-state index in [1.165, 1.54) is 20.3 Å². The summed E-state index contributed by atoms with van der Waals surface area (Å²) in [7, 11) is 0. The summed E-state index contributed by atoms with van der Waals surface area (Å²) in [5, 5.41) is 11.8. The number of Topliss-reactive ketones (excluding diaryl/α,β-unsaturated/α-hetero) is 1. The van der Waals surface area contributed by atoms with Gasteiger partial charge < -0.3 is 14.6 Å². The normalized spacial score (nSPS) is 54.6. The van der Waals surface area contributed by atoms with Crippen molar-refractivity contribution < 1.29 is 29.0 Å². The van der Waals surface area contributed by atoms with Gasteiger partial charge >= 0.3 is 11.9 Å². The second-order valence-electron chi connectivity index (χ2n) is 14.0. The monoisotopic (exact) mass is 498 g/mol. The Balaban J connectivity index is 1.42. The highest BCUT2D eigenvalue weighted by Gasteiger charge is 2.71. The maximum atomic E-state index is 14.1. The van der Waals surface area contributed by atoms with Crippen LogP contribution in [0.5, 0.6) is 0 Å². The molecule has 0 radical (unpaired) electrons. The predicted molar refractivity (Wildman–Crippen MR) is 132 cm³/mol. The molecule has 0 aromatic rings. The Labute approximate surface area is 214 Å². The summed E-state index contributed by atoms with van der Waals surface area (Å²) in [5.41, 5.74) is -1.39. The van der Waals surface area contributed by atoms with Gasteiger partial charge in [-0.15, -0.1) is 0 Å². The fraction of sp³-hybridized carbons (Fsp3) is 0.833. The van der Waals surface area contributed by atoms with Gasteiger partial charge in [-0.2, -0.15) is 0 Å². The van der Waals surface area contributed by atoms with Crippen LogP contribution in [0, 0.1) is 64.1 Å². The molecule has 13 atom stereocenters. The number of carbonyl (C=O) groups excluding carboxylic acids is 3. The van der Waals surface area contributed by atoms with Gasteiger partial charge in [-0.1, -0.05) is 20.8 Å². The van der Waals surface area contributed by atoms with Crippen molar-refractivity contribution in [2.45, 2.75) is 91.8 Å². The Morgan fingerprint density at radius 1 is 0.972 bits per heavy atom. The highest BCUT2D eigenvalue weighted by atomic mass is 16.6. The molecule has 6 aliphatic carbocycles. The molecule has 6 nitrogen and oxygen atoms in total. The standard InChI is InChI=1S/C30H42O6/c1-14-9-23(35-15(2)31)30(6,34)21-12-20-24-19(7-8-28(20,4)25(14)21)29(5)13-18-10-17(18)11-22(29)26(33)27(24)36-16(3)32/h9,14,17-22,24-25,27,34H,7-8,10-13H2,1-6H3/t14-,17+,18-,19?,20?,21-,22?,24-,25?,27-,28+,29-,30-/m1/s1. The van der Waals surface area contributed by atoms with Crippen molar-refractivity contribution in [1.82, 2.24) is 0 Å². The van der Waals surface area contributed by atoms with Crippen molar-refractivity contribution in [3.63, 3.8) is 0 Å². The molecule has 0 aliphatic heterocycles. The lowest BCUT2D eigenvalue weighted by Crippen LogP contribution is -2.63. The number of allylic oxidation sites excluding steroid dienone is 1. The number of hydrogen-bond donors (Lipinski definition) is 1. The maximum Gasteiger partial charge on any atom is 0.307 e. The third kappa shape index (κ3) is 3.21. The van der Waals surface area contributed by atoms with Crippen LogP contribution < -0.4 is 0 Å². The minimum absolute atomic E-state index is 0.0147. The first-order valence-corrected chi connectivity index (χ1v) is 14.1. The second kappa shape index (κ2) is 7.68. The minimum atomic E-state index is -1.26. The van der Waals surface area contributed by atoms with E-state index in [-0.39, 0.29) is 58.1 Å². The van der Waals surface area contributed by atoms with Gasteiger partial charge in [0.15, 0.2) is 11.9 Å². The van der Waals surface area contributed by atoms with Gasteiger partial charge in [0, 0.05) is 25.7 Å². The van der Waals surface area contributed by atoms with Gasteiger partial charge in [-0.3, -0.25) is 14.4 Å². The lowest BCUT2D eigenvalue weighted by Gasteiger charge is -2.61. The van der Waals surface area contributed by atoms with Crippen LogP contribution in [0.25, 0.3) is 0 Å². The van der Waals surface area contributed by atoms with Gasteiger partial charge in [0.2, 0.25) is 0 Å². The van der Waals surface area contributed by atoms with Gasteiger partial charge in [-0.05, 0) is 104 Å². The van der Waals surface area contributed by atoms with Crippen LogP contribution >= 0.6 is 0 Å². The molecule has 1 N–H and O–H groups in total. The Morgan fingerprint density at radius 2 is 1.69 bits per heavy atom. The second-order valence-corrected chi connectivity index (χ2v) is 14.0. The Bertz CT molecular complexity index is 1040. The summed E-state index contributed by atoms with van der Waals surface area (Å²) in [4.78, 5) is 38.2. The van der Waals surface area contributed by atoms with Crippen molar-refractivity contribution in [2.24, 2.45) is 64.1 Å². The predicted octanol–water partition coefficient (Wildman–Crippen LogP) is 4.69. The molecule has 4 unspecified atom stereocenters. The topological polar surface area (TPSA) is 89.9 Å². The highest BCUT2D eigenvalue weighted by Crippen LogP contribution is 2.73. The van der Waals surface area contributed by atoms with Crippen molar-refractivity contribution in [2.75, 3.05) is 0 Å². The van der Waals surface area contributed by atoms with E-state index in [0.717, 1.165) is 38.0 Å². The summed E-state index contributed by atoms with van der Waals surface area (Å²) < 4.78 is 11.5. The molecule has 0 heterocycles. The molecule has 0 bridgehead atoms. The Kier molecular flexibility index (Phi) is 5.25. The number of fused-ring (bicyclic) bond motifs is 8. The van der Waals surface area contributed by atoms with E-state index in [2.05, 4.69) is 20.8 Å². The number of rotatable bonds is 2.